The summed E-state index contributed by atoms with van der Waals surface area (Å²) in [5, 5.41) is 0. The number of hydrogen-bond donors (Lipinski definition) is 0. The van der Waals surface area contributed by atoms with Crippen molar-refractivity contribution in [3.63, 3.8) is 0 Å². The number of rotatable bonds is 0. The summed E-state index contributed by atoms with van der Waals surface area (Å²) in [6.45, 7) is 4.75. The summed E-state index contributed by atoms with van der Waals surface area (Å²) in [4.78, 5) is 23.4. The fourth-order valence-corrected chi connectivity index (χ4v) is 6.99. The van der Waals surface area contributed by atoms with Crippen molar-refractivity contribution in [2.24, 2.45) is 28.6 Å². The topological polar surface area (TPSA) is 43.4 Å². The smallest absolute Gasteiger partial charge is 0.310 e. The second-order valence-corrected chi connectivity index (χ2v) is 9.27. The summed E-state index contributed by atoms with van der Waals surface area (Å²) in [7, 11) is 0. The lowest BCUT2D eigenvalue weighted by atomic mass is 9.47. The molecular formula is C21H26O3. The van der Waals surface area contributed by atoms with Gasteiger partial charge in [0.2, 0.25) is 0 Å². The first-order valence-electron chi connectivity index (χ1n) is 9.53. The van der Waals surface area contributed by atoms with E-state index in [1.807, 2.05) is 6.08 Å². The number of ether oxygens (including phenoxy) is 1. The van der Waals surface area contributed by atoms with Gasteiger partial charge in [-0.15, -0.1) is 0 Å². The average molecular weight is 326 g/mol. The van der Waals surface area contributed by atoms with Gasteiger partial charge in [-0.25, -0.2) is 0 Å². The van der Waals surface area contributed by atoms with Crippen LogP contribution in [0.1, 0.15) is 58.8 Å². The van der Waals surface area contributed by atoms with E-state index in [1.165, 1.54) is 18.4 Å². The van der Waals surface area contributed by atoms with Crippen LogP contribution < -0.4 is 0 Å². The number of hydrogen-bond acceptors (Lipinski definition) is 3. The van der Waals surface area contributed by atoms with Crippen molar-refractivity contribution in [2.75, 3.05) is 0 Å². The van der Waals surface area contributed by atoms with Crippen LogP contribution in [0.25, 0.3) is 0 Å². The van der Waals surface area contributed by atoms with Crippen LogP contribution in [-0.4, -0.2) is 17.4 Å². The highest BCUT2D eigenvalue weighted by atomic mass is 16.6. The van der Waals surface area contributed by atoms with E-state index in [0.717, 1.165) is 19.3 Å². The molecule has 0 N–H and O–H groups in total. The van der Waals surface area contributed by atoms with E-state index in [0.29, 0.717) is 30.6 Å². The molecule has 6 atom stereocenters. The number of esters is 1. The van der Waals surface area contributed by atoms with E-state index in [9.17, 15) is 9.59 Å². The summed E-state index contributed by atoms with van der Waals surface area (Å²) in [6.07, 6.45) is 13.4. The Hall–Kier alpha value is -1.38. The van der Waals surface area contributed by atoms with Crippen LogP contribution in [0.4, 0.5) is 0 Å². The van der Waals surface area contributed by atoms with Crippen LogP contribution >= 0.6 is 0 Å². The van der Waals surface area contributed by atoms with Gasteiger partial charge in [0.25, 0.3) is 0 Å². The lowest BCUT2D eigenvalue weighted by molar-refractivity contribution is -0.222. The average Bonchev–Trinajstić information content (AvgIpc) is 2.82. The largest absolute Gasteiger partial charge is 0.458 e. The van der Waals surface area contributed by atoms with E-state index in [-0.39, 0.29) is 28.2 Å². The molecule has 4 aliphatic carbocycles. The first-order valence-corrected chi connectivity index (χ1v) is 9.53. The van der Waals surface area contributed by atoms with Crippen molar-refractivity contribution in [1.29, 1.82) is 0 Å². The standard InChI is InChI=1S/C21H26O3/c1-19-8-5-14(22)11-13(19)3-4-15-16(19)6-9-20(2)17(15)7-10-21(20)12-18(23)24-21/h3-4,11,15-17H,5-10,12H2,1-2H3. The van der Waals surface area contributed by atoms with Crippen LogP contribution in [0, 0.1) is 28.6 Å². The van der Waals surface area contributed by atoms with E-state index in [1.54, 1.807) is 0 Å². The van der Waals surface area contributed by atoms with Gasteiger partial charge in [-0.3, -0.25) is 9.59 Å². The van der Waals surface area contributed by atoms with Crippen molar-refractivity contribution in [1.82, 2.24) is 0 Å². The Morgan fingerprint density at radius 2 is 1.83 bits per heavy atom. The summed E-state index contributed by atoms with van der Waals surface area (Å²) in [5.41, 5.74) is 1.37. The molecule has 128 valence electrons. The predicted octanol–water partition coefficient (Wildman–Crippen LogP) is 3.98. The zero-order valence-electron chi connectivity index (χ0n) is 14.6. The summed E-state index contributed by atoms with van der Waals surface area (Å²) >= 11 is 0. The van der Waals surface area contributed by atoms with Crippen molar-refractivity contribution in [2.45, 2.75) is 64.4 Å². The summed E-state index contributed by atoms with van der Waals surface area (Å²) < 4.78 is 5.77. The maximum Gasteiger partial charge on any atom is 0.310 e. The number of allylic oxidation sites excluding steroid dienone is 4. The van der Waals surface area contributed by atoms with Gasteiger partial charge in [-0.05, 0) is 66.9 Å². The molecule has 6 unspecified atom stereocenters. The third-order valence-corrected chi connectivity index (χ3v) is 8.54. The number of carbonyl (C=O) groups excluding carboxylic acids is 2. The Morgan fingerprint density at radius 1 is 1.08 bits per heavy atom. The second kappa shape index (κ2) is 4.42. The molecule has 3 fully saturated rings. The molecule has 3 heteroatoms. The quantitative estimate of drug-likeness (QED) is 0.632. The molecule has 24 heavy (non-hydrogen) atoms. The minimum absolute atomic E-state index is 0.0128. The summed E-state index contributed by atoms with van der Waals surface area (Å²) in [6, 6.07) is 0. The lowest BCUT2D eigenvalue weighted by Crippen LogP contribution is -2.60. The molecular weight excluding hydrogens is 300 g/mol. The Morgan fingerprint density at radius 3 is 2.58 bits per heavy atom. The van der Waals surface area contributed by atoms with Gasteiger partial charge in [0.05, 0.1) is 6.42 Å². The molecule has 1 heterocycles. The highest BCUT2D eigenvalue weighted by Gasteiger charge is 2.68. The maximum absolute atomic E-state index is 11.9. The zero-order valence-corrected chi connectivity index (χ0v) is 14.6. The Labute approximate surface area is 143 Å². The zero-order chi connectivity index (χ0) is 16.7. The van der Waals surface area contributed by atoms with Crippen molar-refractivity contribution < 1.29 is 14.3 Å². The van der Waals surface area contributed by atoms with E-state index in [2.05, 4.69) is 26.0 Å². The Bertz CT molecular complexity index is 694. The first kappa shape index (κ1) is 14.9. The van der Waals surface area contributed by atoms with E-state index in [4.69, 9.17) is 4.74 Å². The van der Waals surface area contributed by atoms with Gasteiger partial charge in [-0.2, -0.15) is 0 Å². The van der Waals surface area contributed by atoms with Crippen molar-refractivity contribution >= 4 is 11.8 Å². The fraction of sp³-hybridized carbons (Fsp3) is 0.714. The normalized spacial score (nSPS) is 52.1. The monoisotopic (exact) mass is 326 g/mol. The predicted molar refractivity (Wildman–Crippen MR) is 90.1 cm³/mol. The highest BCUT2D eigenvalue weighted by molar-refractivity contribution is 5.92. The fourth-order valence-electron chi connectivity index (χ4n) is 6.99. The van der Waals surface area contributed by atoms with Gasteiger partial charge >= 0.3 is 5.97 Å². The Kier molecular flexibility index (Phi) is 2.75. The minimum Gasteiger partial charge on any atom is -0.458 e. The summed E-state index contributed by atoms with van der Waals surface area (Å²) in [5.74, 6) is 2.08. The number of ketones is 1. The van der Waals surface area contributed by atoms with Crippen LogP contribution in [-0.2, 0) is 14.3 Å². The number of fused-ring (bicyclic) bond motifs is 6. The third-order valence-electron chi connectivity index (χ3n) is 8.54. The van der Waals surface area contributed by atoms with Gasteiger partial charge in [0.1, 0.15) is 5.60 Å². The molecule has 0 aromatic carbocycles. The number of carbonyl (C=O) groups is 2. The van der Waals surface area contributed by atoms with Crippen molar-refractivity contribution in [3.05, 3.63) is 23.8 Å². The second-order valence-electron chi connectivity index (χ2n) is 9.27. The molecule has 2 saturated carbocycles. The van der Waals surface area contributed by atoms with Crippen LogP contribution in [0.5, 0.6) is 0 Å². The molecule has 0 bridgehead atoms. The first-order chi connectivity index (χ1) is 11.4. The lowest BCUT2D eigenvalue weighted by Gasteiger charge is -2.59. The SMILES string of the molecule is CC12CCC(=O)C=C1C=CC1C2CCC2(C)C1CCC21CC(=O)O1. The molecule has 5 aliphatic rings. The minimum atomic E-state index is -0.174. The molecule has 1 saturated heterocycles. The maximum atomic E-state index is 11.9. The third kappa shape index (κ3) is 1.59. The molecule has 0 aromatic heterocycles. The van der Waals surface area contributed by atoms with E-state index >= 15 is 0 Å². The molecule has 0 amide bonds. The van der Waals surface area contributed by atoms with Crippen LogP contribution in [0.3, 0.4) is 0 Å². The molecule has 3 nitrogen and oxygen atoms in total. The molecule has 0 aromatic rings. The van der Waals surface area contributed by atoms with Crippen LogP contribution in [0.15, 0.2) is 23.8 Å². The highest BCUT2D eigenvalue weighted by Crippen LogP contribution is 2.69. The van der Waals surface area contributed by atoms with Gasteiger partial charge in [0, 0.05) is 11.8 Å². The molecule has 1 spiro atoms. The molecule has 1 aliphatic heterocycles. The van der Waals surface area contributed by atoms with E-state index < -0.39 is 0 Å². The Balaban J connectivity index is 1.53. The van der Waals surface area contributed by atoms with Gasteiger partial charge < -0.3 is 4.74 Å². The van der Waals surface area contributed by atoms with Crippen LogP contribution in [0.2, 0.25) is 0 Å². The molecule has 0 radical (unpaired) electrons. The molecule has 5 rings (SSSR count). The van der Waals surface area contributed by atoms with Crippen molar-refractivity contribution in [3.8, 4) is 0 Å². The van der Waals surface area contributed by atoms with Gasteiger partial charge in [-0.1, -0.05) is 26.0 Å². The van der Waals surface area contributed by atoms with Gasteiger partial charge in [0.15, 0.2) is 5.78 Å².